The van der Waals surface area contributed by atoms with Crippen LogP contribution in [0.1, 0.15) is 77.6 Å². The number of aliphatic hydroxyl groups excluding tert-OH is 1. The molecule has 2 aromatic carbocycles. The highest BCUT2D eigenvalue weighted by Crippen LogP contribution is 2.57. The van der Waals surface area contributed by atoms with E-state index < -0.39 is 71.6 Å². The van der Waals surface area contributed by atoms with Crippen molar-refractivity contribution in [2.24, 2.45) is 10.8 Å². The molecule has 8 nitrogen and oxygen atoms in total. The third kappa shape index (κ3) is 14.5. The van der Waals surface area contributed by atoms with Crippen LogP contribution in [0.2, 0.25) is 0 Å². The van der Waals surface area contributed by atoms with Gasteiger partial charge in [-0.15, -0.1) is 0 Å². The average molecular weight is 1070 g/mol. The Morgan fingerprint density at radius 2 is 1.08 bits per heavy atom. The first-order chi connectivity index (χ1) is 26.3. The largest absolute Gasteiger partial charge is 0.511 e. The van der Waals surface area contributed by atoms with Gasteiger partial charge in [0.15, 0.2) is 6.61 Å². The number of halogens is 9. The van der Waals surface area contributed by atoms with E-state index in [0.717, 1.165) is 20.1 Å². The van der Waals surface area contributed by atoms with E-state index >= 15 is 0 Å². The summed E-state index contributed by atoms with van der Waals surface area (Å²) in [5.41, 5.74) is -2.60. The molecule has 59 heavy (non-hydrogen) atoms. The zero-order valence-electron chi connectivity index (χ0n) is 34.3. The monoisotopic (exact) mass is 1060 g/mol. The number of benzene rings is 2. The van der Waals surface area contributed by atoms with Crippen LogP contribution in [0.4, 0.5) is 26.3 Å². The van der Waals surface area contributed by atoms with E-state index in [0.29, 0.717) is 11.1 Å². The Morgan fingerprint density at radius 3 is 1.47 bits per heavy atom. The van der Waals surface area contributed by atoms with Gasteiger partial charge in [-0.25, -0.2) is 9.59 Å². The molecule has 0 saturated carbocycles. The van der Waals surface area contributed by atoms with Crippen LogP contribution in [0.5, 0.6) is 0 Å². The Labute approximate surface area is 373 Å². The van der Waals surface area contributed by atoms with Gasteiger partial charge in [0.1, 0.15) is 46.1 Å². The molecular formula is C38H47Br2ClF6O8P2S2. The van der Waals surface area contributed by atoms with Crippen molar-refractivity contribution in [2.45, 2.75) is 92.8 Å². The molecule has 21 heteroatoms. The minimum atomic E-state index is -4.54. The topological polar surface area (TPSA) is 101 Å². The summed E-state index contributed by atoms with van der Waals surface area (Å²) in [6.45, 7) is 14.5. The lowest BCUT2D eigenvalue weighted by Crippen LogP contribution is -2.49. The summed E-state index contributed by atoms with van der Waals surface area (Å²) in [4.78, 5) is 25.3. The summed E-state index contributed by atoms with van der Waals surface area (Å²) >= 11 is 21.7. The maximum absolute atomic E-state index is 13.0. The van der Waals surface area contributed by atoms with Crippen molar-refractivity contribution in [1.29, 1.82) is 0 Å². The fourth-order valence-corrected chi connectivity index (χ4v) is 7.99. The van der Waals surface area contributed by atoms with Crippen LogP contribution in [-0.2, 0) is 56.2 Å². The fourth-order valence-electron chi connectivity index (χ4n) is 5.12. The van der Waals surface area contributed by atoms with E-state index in [1.165, 1.54) is 13.3 Å². The van der Waals surface area contributed by atoms with Crippen molar-refractivity contribution in [3.05, 3.63) is 79.1 Å². The predicted octanol–water partition coefficient (Wildman–Crippen LogP) is 13.5. The van der Waals surface area contributed by atoms with Crippen molar-refractivity contribution < 1.29 is 64.1 Å². The maximum atomic E-state index is 13.0. The summed E-state index contributed by atoms with van der Waals surface area (Å²) in [5.74, 6) is -0.850. The number of rotatable bonds is 8. The second-order valence-electron chi connectivity index (χ2n) is 15.8. The van der Waals surface area contributed by atoms with E-state index in [4.69, 9.17) is 41.6 Å². The van der Waals surface area contributed by atoms with Crippen LogP contribution >= 0.6 is 55.2 Å². The van der Waals surface area contributed by atoms with Crippen LogP contribution in [0.3, 0.4) is 0 Å². The highest BCUT2D eigenvalue weighted by Gasteiger charge is 2.53. The molecule has 0 amide bonds. The highest BCUT2D eigenvalue weighted by atomic mass is 79.9. The quantitative estimate of drug-likeness (QED) is 0.156. The molecular weight excluding hydrogens is 1020 g/mol. The Balaban J connectivity index is 0.000000344. The third-order valence-corrected chi connectivity index (χ3v) is 13.7. The number of aryl methyl sites for hydroxylation is 2. The lowest BCUT2D eigenvalue weighted by Gasteiger charge is -2.46. The first-order valence-corrected chi connectivity index (χ1v) is 26.1. The molecule has 0 fully saturated rings. The van der Waals surface area contributed by atoms with Gasteiger partial charge in [-0.1, -0.05) is 67.0 Å². The molecule has 0 aliphatic carbocycles. The minimum absolute atomic E-state index is 0.0833. The summed E-state index contributed by atoms with van der Waals surface area (Å²) in [6.07, 6.45) is -8.88. The van der Waals surface area contributed by atoms with Gasteiger partial charge in [0, 0.05) is 22.3 Å². The van der Waals surface area contributed by atoms with Crippen molar-refractivity contribution in [3.8, 4) is 0 Å². The van der Waals surface area contributed by atoms with E-state index in [1.54, 1.807) is 33.8 Å². The van der Waals surface area contributed by atoms with Gasteiger partial charge in [0.25, 0.3) is 0 Å². The number of ether oxygens (including phenoxy) is 2. The number of hydrogen-bond donors (Lipinski definition) is 1. The van der Waals surface area contributed by atoms with Crippen molar-refractivity contribution in [2.75, 3.05) is 26.5 Å². The standard InChI is InChI=1S/C19H23BrF3O4PS.C16H19BrO3.C3H5ClF3OPS/c1-11-7-8-12(20)9-13(11)14-15(17(2,3)18(4,5)26-16(14)24)27-28(6,29)25-10-19(21,22)23;1-9-6-7-10(17)8-11(9)12-13(18)15(2,3)16(4,5)20-14(12)19;1-9(4,10)8-2-3(5,6)7/h7-9H,10H2,1-6H3;6-8,18H,1-5H3;2H2,1H3. The average Bonchev–Trinajstić information content (AvgIpc) is 3.04. The maximum Gasteiger partial charge on any atom is 0.412 e. The van der Waals surface area contributed by atoms with Gasteiger partial charge in [0.2, 0.25) is 6.49 Å². The molecule has 2 unspecified atom stereocenters. The number of esters is 2. The summed E-state index contributed by atoms with van der Waals surface area (Å²) in [5, 5.41) is 10.6. The van der Waals surface area contributed by atoms with E-state index in [-0.39, 0.29) is 22.7 Å². The van der Waals surface area contributed by atoms with Gasteiger partial charge in [-0.2, -0.15) is 26.3 Å². The zero-order valence-corrected chi connectivity index (χ0v) is 41.6. The van der Waals surface area contributed by atoms with Crippen LogP contribution < -0.4 is 0 Å². The Morgan fingerprint density at radius 1 is 0.712 bits per heavy atom. The second-order valence-corrected chi connectivity index (χ2v) is 28.0. The molecule has 0 spiro atoms. The lowest BCUT2D eigenvalue weighted by atomic mass is 9.71. The number of hydrogen-bond acceptors (Lipinski definition) is 10. The molecule has 2 heterocycles. The van der Waals surface area contributed by atoms with E-state index in [2.05, 4.69) is 48.2 Å². The molecule has 332 valence electrons. The molecule has 4 rings (SSSR count). The van der Waals surface area contributed by atoms with Gasteiger partial charge >= 0.3 is 24.3 Å². The van der Waals surface area contributed by atoms with Gasteiger partial charge in [-0.05, 0) is 128 Å². The Kier molecular flexibility index (Phi) is 17.4. The molecule has 1 N–H and O–H groups in total. The number of alkyl halides is 6. The molecule has 2 aromatic rings. The van der Waals surface area contributed by atoms with Crippen LogP contribution in [0, 0.1) is 24.7 Å². The van der Waals surface area contributed by atoms with E-state index in [9.17, 15) is 41.0 Å². The number of aliphatic hydroxyl groups is 1. The Bertz CT molecular complexity index is 2100. The van der Waals surface area contributed by atoms with Crippen LogP contribution in [0.25, 0.3) is 11.1 Å². The molecule has 0 radical (unpaired) electrons. The van der Waals surface area contributed by atoms with Crippen LogP contribution in [0.15, 0.2) is 56.9 Å². The molecule has 2 aliphatic heterocycles. The molecule has 0 aromatic heterocycles. The zero-order chi connectivity index (χ0) is 46.1. The second kappa shape index (κ2) is 19.1. The number of carbonyl (C=O) groups excluding carboxylic acids is 2. The lowest BCUT2D eigenvalue weighted by molar-refractivity contribution is -0.165. The van der Waals surface area contributed by atoms with Crippen molar-refractivity contribution in [1.82, 2.24) is 0 Å². The van der Waals surface area contributed by atoms with Gasteiger partial charge < -0.3 is 28.2 Å². The first kappa shape index (κ1) is 53.6. The third-order valence-electron chi connectivity index (χ3n) is 9.85. The molecule has 2 atom stereocenters. The Hall–Kier alpha value is -1.49. The smallest absolute Gasteiger partial charge is 0.412 e. The number of cyclic esters (lactones) is 2. The minimum Gasteiger partial charge on any atom is -0.511 e. The van der Waals surface area contributed by atoms with Crippen molar-refractivity contribution >= 4 is 102 Å². The molecule has 0 bridgehead atoms. The normalized spacial score (nSPS) is 20.4. The predicted molar refractivity (Wildman–Crippen MR) is 234 cm³/mol. The fraction of sp³-hybridized carbons (Fsp3) is 0.526. The SMILES string of the molecule is CP(=S)(Cl)OCC(F)(F)F.Cc1ccc(Br)cc1C1=C(O)C(C)(C)C(C)(C)OC1=O.Cc1ccc(Br)cc1C1=C(OP(C)(=S)OCC(F)(F)F)C(C)(C)C(C)(C)OC1=O. The molecule has 0 saturated heterocycles. The first-order valence-electron chi connectivity index (χ1n) is 17.4. The number of carbonyl (C=O) groups is 2. The van der Waals surface area contributed by atoms with Crippen molar-refractivity contribution in [3.63, 3.8) is 0 Å². The molecule has 2 aliphatic rings. The van der Waals surface area contributed by atoms with Gasteiger partial charge in [-0.3, -0.25) is 0 Å². The van der Waals surface area contributed by atoms with E-state index in [1.807, 2.05) is 71.9 Å². The summed E-state index contributed by atoms with van der Waals surface area (Å²) in [7, 11) is 0. The summed E-state index contributed by atoms with van der Waals surface area (Å²) < 4.78 is 99.8. The summed E-state index contributed by atoms with van der Waals surface area (Å²) in [6, 6.07) is 11.0. The van der Waals surface area contributed by atoms with Crippen LogP contribution in [-0.4, -0.2) is 67.1 Å². The van der Waals surface area contributed by atoms with Gasteiger partial charge in [0.05, 0.1) is 10.8 Å². The highest BCUT2D eigenvalue weighted by molar-refractivity contribution is 9.10.